The van der Waals surface area contributed by atoms with E-state index in [2.05, 4.69) is 15.4 Å². The largest absolute Gasteiger partial charge is 0.454 e. The molecule has 4 rings (SSSR count). The van der Waals surface area contributed by atoms with Crippen LogP contribution in [0.3, 0.4) is 0 Å². The van der Waals surface area contributed by atoms with E-state index >= 15 is 0 Å². The third kappa shape index (κ3) is 3.78. The first kappa shape index (κ1) is 18.3. The molecule has 1 heterocycles. The van der Waals surface area contributed by atoms with Crippen molar-refractivity contribution >= 4 is 6.03 Å². The van der Waals surface area contributed by atoms with Crippen molar-refractivity contribution in [1.29, 1.82) is 0 Å². The maximum Gasteiger partial charge on any atom is 0.387 e. The van der Waals surface area contributed by atoms with Crippen molar-refractivity contribution in [2.75, 3.05) is 6.79 Å². The molecule has 2 aromatic carbocycles. The quantitative estimate of drug-likeness (QED) is 0.813. The Labute approximate surface area is 158 Å². The van der Waals surface area contributed by atoms with Gasteiger partial charge < -0.3 is 24.8 Å². The number of halogens is 3. The van der Waals surface area contributed by atoms with E-state index < -0.39 is 12.6 Å². The van der Waals surface area contributed by atoms with Crippen molar-refractivity contribution in [3.05, 3.63) is 52.8 Å². The number of aryl methyl sites for hydroxylation is 1. The second-order valence-electron chi connectivity index (χ2n) is 6.45. The van der Waals surface area contributed by atoms with E-state index in [1.165, 1.54) is 24.3 Å². The highest BCUT2D eigenvalue weighted by Crippen LogP contribution is 2.38. The van der Waals surface area contributed by atoms with Crippen LogP contribution in [0, 0.1) is 5.82 Å². The van der Waals surface area contributed by atoms with Crippen LogP contribution in [-0.4, -0.2) is 19.4 Å². The van der Waals surface area contributed by atoms with Gasteiger partial charge in [-0.25, -0.2) is 9.18 Å². The van der Waals surface area contributed by atoms with Crippen LogP contribution < -0.4 is 24.8 Å². The normalized spacial score (nSPS) is 16.8. The minimum atomic E-state index is -3.01. The SMILES string of the molecule is O=C(NCc1cc2c(cc1OC(F)F)OCO2)NC1CCc2cc(F)ccc21. The molecular formula is C19H17F3N2O4. The molecule has 2 amide bonds. The van der Waals surface area contributed by atoms with E-state index in [0.717, 1.165) is 11.1 Å². The van der Waals surface area contributed by atoms with Gasteiger partial charge >= 0.3 is 12.6 Å². The smallest absolute Gasteiger partial charge is 0.387 e. The number of carbonyl (C=O) groups is 1. The van der Waals surface area contributed by atoms with Crippen molar-refractivity contribution in [3.8, 4) is 17.2 Å². The molecule has 2 N–H and O–H groups in total. The average molecular weight is 394 g/mol. The Bertz CT molecular complexity index is 907. The fourth-order valence-corrected chi connectivity index (χ4v) is 3.43. The second-order valence-corrected chi connectivity index (χ2v) is 6.45. The van der Waals surface area contributed by atoms with Gasteiger partial charge in [0.1, 0.15) is 11.6 Å². The van der Waals surface area contributed by atoms with Gasteiger partial charge in [-0.2, -0.15) is 8.78 Å². The van der Waals surface area contributed by atoms with Crippen molar-refractivity contribution in [1.82, 2.24) is 10.6 Å². The Morgan fingerprint density at radius 1 is 1.21 bits per heavy atom. The molecule has 1 aliphatic heterocycles. The predicted molar refractivity (Wildman–Crippen MR) is 92.0 cm³/mol. The highest BCUT2D eigenvalue weighted by Gasteiger charge is 2.25. The summed E-state index contributed by atoms with van der Waals surface area (Å²) in [5.41, 5.74) is 2.07. The molecule has 0 saturated heterocycles. The van der Waals surface area contributed by atoms with Gasteiger partial charge in [0.25, 0.3) is 0 Å². The number of rotatable bonds is 5. The summed E-state index contributed by atoms with van der Waals surface area (Å²) in [7, 11) is 0. The van der Waals surface area contributed by atoms with Crippen molar-refractivity contribution in [2.45, 2.75) is 32.0 Å². The van der Waals surface area contributed by atoms with Gasteiger partial charge in [-0.05, 0) is 42.2 Å². The molecule has 2 aromatic rings. The maximum atomic E-state index is 13.3. The van der Waals surface area contributed by atoms with Gasteiger partial charge in [0.15, 0.2) is 11.5 Å². The number of hydrogen-bond donors (Lipinski definition) is 2. The monoisotopic (exact) mass is 394 g/mol. The lowest BCUT2D eigenvalue weighted by atomic mass is 10.1. The molecule has 9 heteroatoms. The number of alkyl halides is 2. The molecular weight excluding hydrogens is 377 g/mol. The summed E-state index contributed by atoms with van der Waals surface area (Å²) in [6.45, 7) is -3.07. The molecule has 148 valence electrons. The van der Waals surface area contributed by atoms with Crippen LogP contribution in [0.15, 0.2) is 30.3 Å². The molecule has 0 fully saturated rings. The van der Waals surface area contributed by atoms with Crippen LogP contribution in [0.1, 0.15) is 29.2 Å². The van der Waals surface area contributed by atoms with Crippen molar-refractivity contribution < 1.29 is 32.2 Å². The zero-order valence-electron chi connectivity index (χ0n) is 14.6. The molecule has 1 aliphatic carbocycles. The third-order valence-corrected chi connectivity index (χ3v) is 4.70. The van der Waals surface area contributed by atoms with Crippen LogP contribution in [-0.2, 0) is 13.0 Å². The molecule has 6 nitrogen and oxygen atoms in total. The topological polar surface area (TPSA) is 68.8 Å². The van der Waals surface area contributed by atoms with E-state index in [9.17, 15) is 18.0 Å². The zero-order valence-corrected chi connectivity index (χ0v) is 14.6. The molecule has 0 bridgehead atoms. The second kappa shape index (κ2) is 7.49. The predicted octanol–water partition coefficient (Wildman–Crippen LogP) is 3.64. The first-order valence-corrected chi connectivity index (χ1v) is 8.69. The summed E-state index contributed by atoms with van der Waals surface area (Å²) in [5.74, 6) is 0.295. The summed E-state index contributed by atoms with van der Waals surface area (Å²) in [5, 5.41) is 5.45. The summed E-state index contributed by atoms with van der Waals surface area (Å²) in [6.07, 6.45) is 1.34. The lowest BCUT2D eigenvalue weighted by Gasteiger charge is -2.16. The lowest BCUT2D eigenvalue weighted by molar-refractivity contribution is -0.0505. The van der Waals surface area contributed by atoms with Crippen LogP contribution in [0.4, 0.5) is 18.0 Å². The Hall–Kier alpha value is -3.10. The number of nitrogens with one attached hydrogen (secondary N) is 2. The number of benzene rings is 2. The lowest BCUT2D eigenvalue weighted by Crippen LogP contribution is -2.37. The van der Waals surface area contributed by atoms with Gasteiger partial charge in [0.2, 0.25) is 6.79 Å². The molecule has 28 heavy (non-hydrogen) atoms. The summed E-state index contributed by atoms with van der Waals surface area (Å²) in [6, 6.07) is 6.59. The van der Waals surface area contributed by atoms with Crippen LogP contribution in [0.25, 0.3) is 0 Å². The minimum Gasteiger partial charge on any atom is -0.454 e. The molecule has 1 unspecified atom stereocenters. The summed E-state index contributed by atoms with van der Waals surface area (Å²) in [4.78, 5) is 12.3. The number of urea groups is 1. The van der Waals surface area contributed by atoms with Crippen LogP contribution in [0.2, 0.25) is 0 Å². The van der Waals surface area contributed by atoms with E-state index in [-0.39, 0.29) is 30.9 Å². The fourth-order valence-electron chi connectivity index (χ4n) is 3.43. The third-order valence-electron chi connectivity index (χ3n) is 4.70. The maximum absolute atomic E-state index is 13.3. The number of fused-ring (bicyclic) bond motifs is 2. The highest BCUT2D eigenvalue weighted by atomic mass is 19.3. The average Bonchev–Trinajstić information content (AvgIpc) is 3.25. The van der Waals surface area contributed by atoms with E-state index in [0.29, 0.717) is 29.9 Å². The molecule has 2 aliphatic rings. The van der Waals surface area contributed by atoms with Crippen LogP contribution in [0.5, 0.6) is 17.2 Å². The fraction of sp³-hybridized carbons (Fsp3) is 0.316. The van der Waals surface area contributed by atoms with Gasteiger partial charge in [-0.15, -0.1) is 0 Å². The van der Waals surface area contributed by atoms with Gasteiger partial charge in [-0.1, -0.05) is 6.07 Å². The van der Waals surface area contributed by atoms with Crippen molar-refractivity contribution in [3.63, 3.8) is 0 Å². The molecule has 1 atom stereocenters. The Kier molecular flexibility index (Phi) is 4.89. The Balaban J connectivity index is 1.41. The van der Waals surface area contributed by atoms with E-state index in [1.54, 1.807) is 6.07 Å². The first-order chi connectivity index (χ1) is 13.5. The highest BCUT2D eigenvalue weighted by molar-refractivity contribution is 5.75. The molecule has 0 aromatic heterocycles. The van der Waals surface area contributed by atoms with Gasteiger partial charge in [-0.3, -0.25) is 0 Å². The number of carbonyl (C=O) groups excluding carboxylic acids is 1. The number of amides is 2. The van der Waals surface area contributed by atoms with Gasteiger partial charge in [0, 0.05) is 18.2 Å². The van der Waals surface area contributed by atoms with Gasteiger partial charge in [0.05, 0.1) is 6.04 Å². The van der Waals surface area contributed by atoms with E-state index in [1.807, 2.05) is 0 Å². The number of ether oxygens (including phenoxy) is 3. The van der Waals surface area contributed by atoms with E-state index in [4.69, 9.17) is 9.47 Å². The van der Waals surface area contributed by atoms with Crippen molar-refractivity contribution in [2.24, 2.45) is 0 Å². The molecule has 0 saturated carbocycles. The Morgan fingerprint density at radius 3 is 2.79 bits per heavy atom. The zero-order chi connectivity index (χ0) is 19.7. The standard InChI is InChI=1S/C19H17F3N2O4/c20-12-2-3-13-10(5-12)1-4-14(13)24-19(25)23-8-11-6-16-17(27-9-26-16)7-15(11)28-18(21)22/h2-3,5-7,14,18H,1,4,8-9H2,(H2,23,24,25). The molecule has 0 radical (unpaired) electrons. The van der Waals surface area contributed by atoms with Crippen LogP contribution >= 0.6 is 0 Å². The first-order valence-electron chi connectivity index (χ1n) is 8.69. The number of hydrogen-bond acceptors (Lipinski definition) is 4. The summed E-state index contributed by atoms with van der Waals surface area (Å²) < 4.78 is 53.6. The Morgan fingerprint density at radius 2 is 2.00 bits per heavy atom. The molecule has 0 spiro atoms. The summed E-state index contributed by atoms with van der Waals surface area (Å²) >= 11 is 0. The minimum absolute atomic E-state index is 0.0114.